The Labute approximate surface area is 162 Å². The molecule has 2 amide bonds. The molecule has 142 valence electrons. The molecule has 4 rings (SSSR count). The van der Waals surface area contributed by atoms with Crippen LogP contribution in [0.15, 0.2) is 61.3 Å². The number of carbonyl (C=O) groups is 2. The van der Waals surface area contributed by atoms with Gasteiger partial charge in [0.1, 0.15) is 12.7 Å². The standard InChI is InChI=1S/C20H20N6O2/c27-19-9-16(11-25(19)12-17-6-3-4-8-22-17)20(28)23-10-15-5-1-2-7-18(15)26-14-21-13-24-26/h1-8,13-14,16H,9-12H2,(H,23,28)/t16-/m1/s1. The minimum atomic E-state index is -0.352. The molecule has 0 radical (unpaired) electrons. The van der Waals surface area contributed by atoms with Gasteiger partial charge in [0, 0.05) is 25.7 Å². The third kappa shape index (κ3) is 3.90. The maximum Gasteiger partial charge on any atom is 0.225 e. The molecule has 0 unspecified atom stereocenters. The van der Waals surface area contributed by atoms with E-state index < -0.39 is 0 Å². The Balaban J connectivity index is 1.37. The van der Waals surface area contributed by atoms with E-state index in [0.29, 0.717) is 19.6 Å². The van der Waals surface area contributed by atoms with Gasteiger partial charge < -0.3 is 10.2 Å². The first-order chi connectivity index (χ1) is 13.7. The Morgan fingerprint density at radius 3 is 2.82 bits per heavy atom. The molecule has 1 aliphatic rings. The van der Waals surface area contributed by atoms with Gasteiger partial charge in [-0.3, -0.25) is 14.6 Å². The first-order valence-electron chi connectivity index (χ1n) is 9.09. The van der Waals surface area contributed by atoms with E-state index in [1.54, 1.807) is 22.1 Å². The number of carbonyl (C=O) groups excluding carboxylic acids is 2. The number of pyridine rings is 1. The number of likely N-dealkylation sites (tertiary alicyclic amines) is 1. The van der Waals surface area contributed by atoms with E-state index in [1.807, 2.05) is 42.5 Å². The summed E-state index contributed by atoms with van der Waals surface area (Å²) in [5.74, 6) is -0.492. The second kappa shape index (κ2) is 7.99. The molecule has 0 bridgehead atoms. The summed E-state index contributed by atoms with van der Waals surface area (Å²) < 4.78 is 1.66. The van der Waals surface area contributed by atoms with Crippen LogP contribution >= 0.6 is 0 Å². The summed E-state index contributed by atoms with van der Waals surface area (Å²) in [4.78, 5) is 34.8. The number of hydrogen-bond donors (Lipinski definition) is 1. The molecule has 0 aliphatic carbocycles. The summed E-state index contributed by atoms with van der Waals surface area (Å²) in [6, 6.07) is 13.3. The van der Waals surface area contributed by atoms with Crippen molar-refractivity contribution in [3.05, 3.63) is 72.6 Å². The lowest BCUT2D eigenvalue weighted by Gasteiger charge is -2.16. The highest BCUT2D eigenvalue weighted by atomic mass is 16.2. The van der Waals surface area contributed by atoms with Gasteiger partial charge in [-0.05, 0) is 23.8 Å². The predicted molar refractivity (Wildman–Crippen MR) is 101 cm³/mol. The minimum Gasteiger partial charge on any atom is -0.352 e. The molecule has 1 aromatic carbocycles. The highest BCUT2D eigenvalue weighted by molar-refractivity contribution is 5.89. The molecule has 1 fully saturated rings. The van der Waals surface area contributed by atoms with Crippen molar-refractivity contribution in [1.29, 1.82) is 0 Å². The van der Waals surface area contributed by atoms with Crippen LogP contribution in [0.3, 0.4) is 0 Å². The minimum absolute atomic E-state index is 0.0196. The number of nitrogens with zero attached hydrogens (tertiary/aromatic N) is 5. The van der Waals surface area contributed by atoms with E-state index in [4.69, 9.17) is 0 Å². The van der Waals surface area contributed by atoms with Crippen LogP contribution in [0.1, 0.15) is 17.7 Å². The molecule has 8 nitrogen and oxygen atoms in total. The molecule has 1 atom stereocenters. The average molecular weight is 376 g/mol. The van der Waals surface area contributed by atoms with E-state index >= 15 is 0 Å². The SMILES string of the molecule is O=C(NCc1ccccc1-n1cncn1)[C@@H]1CC(=O)N(Cc2ccccn2)C1. The van der Waals surface area contributed by atoms with Crippen molar-refractivity contribution >= 4 is 11.8 Å². The van der Waals surface area contributed by atoms with E-state index in [-0.39, 0.29) is 24.2 Å². The molecule has 8 heteroatoms. The number of benzene rings is 1. The monoisotopic (exact) mass is 376 g/mol. The third-order valence-corrected chi connectivity index (χ3v) is 4.77. The highest BCUT2D eigenvalue weighted by Crippen LogP contribution is 2.20. The van der Waals surface area contributed by atoms with Crippen LogP contribution in [0, 0.1) is 5.92 Å². The van der Waals surface area contributed by atoms with Gasteiger partial charge in [0.25, 0.3) is 0 Å². The first-order valence-corrected chi connectivity index (χ1v) is 9.09. The van der Waals surface area contributed by atoms with Crippen molar-refractivity contribution < 1.29 is 9.59 Å². The molecule has 28 heavy (non-hydrogen) atoms. The van der Waals surface area contributed by atoms with Crippen LogP contribution in [-0.4, -0.2) is 43.0 Å². The molecule has 0 saturated carbocycles. The predicted octanol–water partition coefficient (Wildman–Crippen LogP) is 1.33. The third-order valence-electron chi connectivity index (χ3n) is 4.77. The second-order valence-corrected chi connectivity index (χ2v) is 6.68. The Hall–Kier alpha value is -3.55. The molecule has 3 aromatic rings. The van der Waals surface area contributed by atoms with Crippen LogP contribution in [0.25, 0.3) is 5.69 Å². The highest BCUT2D eigenvalue weighted by Gasteiger charge is 2.34. The average Bonchev–Trinajstić information content (AvgIpc) is 3.38. The van der Waals surface area contributed by atoms with Crippen LogP contribution < -0.4 is 5.32 Å². The smallest absolute Gasteiger partial charge is 0.225 e. The van der Waals surface area contributed by atoms with Crippen molar-refractivity contribution in [2.45, 2.75) is 19.5 Å². The topological polar surface area (TPSA) is 93.0 Å². The van der Waals surface area contributed by atoms with Crippen molar-refractivity contribution in [2.24, 2.45) is 5.92 Å². The number of aromatic nitrogens is 4. The zero-order valence-corrected chi connectivity index (χ0v) is 15.2. The van der Waals surface area contributed by atoms with Gasteiger partial charge in [-0.2, -0.15) is 5.10 Å². The number of nitrogens with one attached hydrogen (secondary N) is 1. The van der Waals surface area contributed by atoms with Gasteiger partial charge in [-0.1, -0.05) is 24.3 Å². The van der Waals surface area contributed by atoms with Gasteiger partial charge in [0.2, 0.25) is 11.8 Å². The normalized spacial score (nSPS) is 16.4. The zero-order chi connectivity index (χ0) is 19.3. The van der Waals surface area contributed by atoms with E-state index in [1.165, 1.54) is 6.33 Å². The van der Waals surface area contributed by atoms with Crippen molar-refractivity contribution in [2.75, 3.05) is 6.54 Å². The number of amides is 2. The quantitative estimate of drug-likeness (QED) is 0.701. The van der Waals surface area contributed by atoms with E-state index in [0.717, 1.165) is 16.9 Å². The lowest BCUT2D eigenvalue weighted by molar-refractivity contribution is -0.129. The Bertz CT molecular complexity index is 958. The molecule has 2 aromatic heterocycles. The fourth-order valence-electron chi connectivity index (χ4n) is 3.33. The molecular weight excluding hydrogens is 356 g/mol. The summed E-state index contributed by atoms with van der Waals surface area (Å²) in [7, 11) is 0. The Kier molecular flexibility index (Phi) is 5.09. The summed E-state index contributed by atoms with van der Waals surface area (Å²) in [6.45, 7) is 1.20. The Morgan fingerprint density at radius 2 is 2.04 bits per heavy atom. The van der Waals surface area contributed by atoms with Gasteiger partial charge in [-0.25, -0.2) is 9.67 Å². The number of hydrogen-bond acceptors (Lipinski definition) is 5. The second-order valence-electron chi connectivity index (χ2n) is 6.68. The molecule has 1 saturated heterocycles. The zero-order valence-electron chi connectivity index (χ0n) is 15.2. The fraction of sp³-hybridized carbons (Fsp3) is 0.250. The van der Waals surface area contributed by atoms with Crippen LogP contribution in [0.5, 0.6) is 0 Å². The largest absolute Gasteiger partial charge is 0.352 e. The molecular formula is C20H20N6O2. The maximum atomic E-state index is 12.6. The van der Waals surface area contributed by atoms with Crippen LogP contribution in [-0.2, 0) is 22.7 Å². The summed E-state index contributed by atoms with van der Waals surface area (Å²) in [5.41, 5.74) is 2.61. The molecule has 1 aliphatic heterocycles. The molecule has 3 heterocycles. The fourth-order valence-corrected chi connectivity index (χ4v) is 3.33. The first kappa shape index (κ1) is 17.8. The van der Waals surface area contributed by atoms with Crippen molar-refractivity contribution in [1.82, 2.24) is 30.0 Å². The molecule has 1 N–H and O–H groups in total. The van der Waals surface area contributed by atoms with Gasteiger partial charge in [0.15, 0.2) is 0 Å². The van der Waals surface area contributed by atoms with E-state index in [9.17, 15) is 9.59 Å². The lowest BCUT2D eigenvalue weighted by Crippen LogP contribution is -2.32. The van der Waals surface area contributed by atoms with Gasteiger partial charge >= 0.3 is 0 Å². The van der Waals surface area contributed by atoms with E-state index in [2.05, 4.69) is 20.4 Å². The van der Waals surface area contributed by atoms with Gasteiger partial charge in [-0.15, -0.1) is 0 Å². The summed E-state index contributed by atoms with van der Waals surface area (Å²) >= 11 is 0. The van der Waals surface area contributed by atoms with Crippen molar-refractivity contribution in [3.8, 4) is 5.69 Å². The number of para-hydroxylation sites is 1. The lowest BCUT2D eigenvalue weighted by atomic mass is 10.1. The number of rotatable bonds is 6. The molecule has 0 spiro atoms. The Morgan fingerprint density at radius 1 is 1.18 bits per heavy atom. The van der Waals surface area contributed by atoms with Crippen LogP contribution in [0.4, 0.5) is 0 Å². The van der Waals surface area contributed by atoms with Crippen molar-refractivity contribution in [3.63, 3.8) is 0 Å². The van der Waals surface area contributed by atoms with Gasteiger partial charge in [0.05, 0.1) is 23.8 Å². The maximum absolute atomic E-state index is 12.6. The summed E-state index contributed by atoms with van der Waals surface area (Å²) in [6.07, 6.45) is 5.01. The van der Waals surface area contributed by atoms with Crippen LogP contribution in [0.2, 0.25) is 0 Å². The summed E-state index contributed by atoms with van der Waals surface area (Å²) in [5, 5.41) is 7.10.